The summed E-state index contributed by atoms with van der Waals surface area (Å²) in [5.41, 5.74) is 4.81. The zero-order valence-corrected chi connectivity index (χ0v) is 11.0. The minimum atomic E-state index is -0.00287. The van der Waals surface area contributed by atoms with Crippen LogP contribution in [-0.2, 0) is 0 Å². The molecule has 1 aliphatic rings. The largest absolute Gasteiger partial charge is 0.285 e. The molecule has 1 N–H and O–H groups in total. The number of aryl methyl sites for hydroxylation is 1. The molecule has 3 heteroatoms. The Bertz CT molecular complexity index is 340. The fourth-order valence-corrected chi connectivity index (χ4v) is 1.74. The van der Waals surface area contributed by atoms with Gasteiger partial charge in [-0.3, -0.25) is 10.2 Å². The van der Waals surface area contributed by atoms with E-state index < -0.39 is 0 Å². The first kappa shape index (κ1) is 13.7. The second-order valence-corrected chi connectivity index (χ2v) is 4.00. The molecule has 3 nitrogen and oxygen atoms in total. The SMILES string of the molecule is CC.Cc1ccc(C(=O)NN2CCCC2)cc1. The van der Waals surface area contributed by atoms with Crippen LogP contribution < -0.4 is 5.43 Å². The number of nitrogens with one attached hydrogen (secondary N) is 1. The molecule has 1 aromatic carbocycles. The maximum atomic E-state index is 11.8. The molecule has 0 saturated carbocycles. The topological polar surface area (TPSA) is 32.3 Å². The van der Waals surface area contributed by atoms with E-state index in [2.05, 4.69) is 5.43 Å². The lowest BCUT2D eigenvalue weighted by Crippen LogP contribution is -2.39. The van der Waals surface area contributed by atoms with Crippen molar-refractivity contribution >= 4 is 5.91 Å². The van der Waals surface area contributed by atoms with Crippen LogP contribution in [0.4, 0.5) is 0 Å². The van der Waals surface area contributed by atoms with Crippen molar-refractivity contribution in [3.63, 3.8) is 0 Å². The fraction of sp³-hybridized carbons (Fsp3) is 0.500. The van der Waals surface area contributed by atoms with Crippen molar-refractivity contribution in [2.24, 2.45) is 0 Å². The monoisotopic (exact) mass is 234 g/mol. The molecule has 1 amide bonds. The quantitative estimate of drug-likeness (QED) is 0.853. The smallest absolute Gasteiger partial charge is 0.265 e. The van der Waals surface area contributed by atoms with Gasteiger partial charge in [-0.1, -0.05) is 31.5 Å². The third-order valence-electron chi connectivity index (χ3n) is 2.68. The van der Waals surface area contributed by atoms with Crippen LogP contribution in [-0.4, -0.2) is 24.0 Å². The van der Waals surface area contributed by atoms with Gasteiger partial charge in [0.1, 0.15) is 0 Å². The average molecular weight is 234 g/mol. The third kappa shape index (κ3) is 4.19. The number of carbonyl (C=O) groups is 1. The van der Waals surface area contributed by atoms with Gasteiger partial charge in [-0.2, -0.15) is 0 Å². The van der Waals surface area contributed by atoms with Crippen molar-refractivity contribution in [3.8, 4) is 0 Å². The molecule has 0 bridgehead atoms. The van der Waals surface area contributed by atoms with Crippen LogP contribution in [0.25, 0.3) is 0 Å². The zero-order valence-electron chi connectivity index (χ0n) is 11.0. The van der Waals surface area contributed by atoms with Crippen molar-refractivity contribution in [3.05, 3.63) is 35.4 Å². The van der Waals surface area contributed by atoms with Crippen molar-refractivity contribution < 1.29 is 4.79 Å². The zero-order chi connectivity index (χ0) is 12.7. The second-order valence-electron chi connectivity index (χ2n) is 4.00. The minimum absolute atomic E-state index is 0.00287. The van der Waals surface area contributed by atoms with Crippen molar-refractivity contribution in [2.75, 3.05) is 13.1 Å². The Morgan fingerprint density at radius 2 is 1.65 bits per heavy atom. The van der Waals surface area contributed by atoms with Crippen LogP contribution in [0.2, 0.25) is 0 Å². The summed E-state index contributed by atoms with van der Waals surface area (Å²) in [6, 6.07) is 7.64. The second kappa shape index (κ2) is 7.07. The Morgan fingerprint density at radius 3 is 2.18 bits per heavy atom. The molecule has 0 spiro atoms. The van der Waals surface area contributed by atoms with E-state index in [1.54, 1.807) is 0 Å². The molecule has 2 rings (SSSR count). The minimum Gasteiger partial charge on any atom is -0.285 e. The summed E-state index contributed by atoms with van der Waals surface area (Å²) in [6.07, 6.45) is 2.35. The van der Waals surface area contributed by atoms with E-state index in [-0.39, 0.29) is 5.91 Å². The number of carbonyl (C=O) groups excluding carboxylic acids is 1. The van der Waals surface area contributed by atoms with E-state index in [0.717, 1.165) is 18.7 Å². The number of hydrogen-bond donors (Lipinski definition) is 1. The van der Waals surface area contributed by atoms with Crippen molar-refractivity contribution in [1.29, 1.82) is 0 Å². The Morgan fingerprint density at radius 1 is 1.12 bits per heavy atom. The van der Waals surface area contributed by atoms with Crippen LogP contribution in [0.5, 0.6) is 0 Å². The maximum Gasteiger partial charge on any atom is 0.265 e. The average Bonchev–Trinajstić information content (AvgIpc) is 2.85. The van der Waals surface area contributed by atoms with Crippen molar-refractivity contribution in [1.82, 2.24) is 10.4 Å². The highest BCUT2D eigenvalue weighted by molar-refractivity contribution is 5.93. The molecule has 1 aliphatic heterocycles. The van der Waals surface area contributed by atoms with Crippen molar-refractivity contribution in [2.45, 2.75) is 33.6 Å². The lowest BCUT2D eigenvalue weighted by molar-refractivity contribution is 0.0826. The molecule has 1 heterocycles. The first-order valence-electron chi connectivity index (χ1n) is 6.38. The number of nitrogens with zero attached hydrogens (tertiary/aromatic N) is 1. The Hall–Kier alpha value is -1.35. The van der Waals surface area contributed by atoms with Gasteiger partial charge in [-0.25, -0.2) is 5.01 Å². The summed E-state index contributed by atoms with van der Waals surface area (Å²) < 4.78 is 0. The summed E-state index contributed by atoms with van der Waals surface area (Å²) in [6.45, 7) is 7.96. The highest BCUT2D eigenvalue weighted by Crippen LogP contribution is 2.06. The fourth-order valence-electron chi connectivity index (χ4n) is 1.74. The number of hydrogen-bond acceptors (Lipinski definition) is 2. The molecule has 1 fully saturated rings. The van der Waals surface area contributed by atoms with E-state index in [1.165, 1.54) is 18.4 Å². The number of hydrazine groups is 1. The molecule has 0 atom stereocenters. The lowest BCUT2D eigenvalue weighted by Gasteiger charge is -2.16. The summed E-state index contributed by atoms with van der Waals surface area (Å²) in [5.74, 6) is -0.00287. The van der Waals surface area contributed by atoms with E-state index in [1.807, 2.05) is 50.0 Å². The van der Waals surface area contributed by atoms with Crippen LogP contribution >= 0.6 is 0 Å². The molecule has 0 unspecified atom stereocenters. The maximum absolute atomic E-state index is 11.8. The molecule has 17 heavy (non-hydrogen) atoms. The Labute approximate surface area is 104 Å². The molecule has 0 radical (unpaired) electrons. The first-order valence-corrected chi connectivity index (χ1v) is 6.38. The number of amides is 1. The normalized spacial score (nSPS) is 15.0. The molecule has 1 saturated heterocycles. The predicted molar refractivity (Wildman–Crippen MR) is 70.8 cm³/mol. The third-order valence-corrected chi connectivity index (χ3v) is 2.68. The van der Waals surface area contributed by atoms with E-state index in [9.17, 15) is 4.79 Å². The summed E-state index contributed by atoms with van der Waals surface area (Å²) in [4.78, 5) is 11.8. The van der Waals surface area contributed by atoms with Gasteiger partial charge in [0.25, 0.3) is 5.91 Å². The van der Waals surface area contributed by atoms with Crippen LogP contribution in [0, 0.1) is 6.92 Å². The highest BCUT2D eigenvalue weighted by atomic mass is 16.2. The van der Waals surface area contributed by atoms with Gasteiger partial charge in [0.2, 0.25) is 0 Å². The lowest BCUT2D eigenvalue weighted by atomic mass is 10.1. The Balaban J connectivity index is 0.000000686. The van der Waals surface area contributed by atoms with Gasteiger partial charge >= 0.3 is 0 Å². The standard InChI is InChI=1S/C12H16N2O.C2H6/c1-10-4-6-11(7-5-10)12(15)13-14-8-2-3-9-14;1-2/h4-7H,2-3,8-9H2,1H3,(H,13,15);1-2H3. The molecular formula is C14H22N2O. The van der Waals surface area contributed by atoms with Crippen LogP contribution in [0.3, 0.4) is 0 Å². The van der Waals surface area contributed by atoms with Gasteiger partial charge in [0.15, 0.2) is 0 Å². The van der Waals surface area contributed by atoms with E-state index in [4.69, 9.17) is 0 Å². The van der Waals surface area contributed by atoms with Crippen LogP contribution in [0.15, 0.2) is 24.3 Å². The van der Waals surface area contributed by atoms with Gasteiger partial charge in [0.05, 0.1) is 0 Å². The first-order chi connectivity index (χ1) is 8.25. The molecular weight excluding hydrogens is 212 g/mol. The van der Waals surface area contributed by atoms with E-state index in [0.29, 0.717) is 0 Å². The molecule has 1 aromatic rings. The predicted octanol–water partition coefficient (Wildman–Crippen LogP) is 2.76. The number of benzene rings is 1. The summed E-state index contributed by atoms with van der Waals surface area (Å²) in [7, 11) is 0. The van der Waals surface area contributed by atoms with Gasteiger partial charge in [0, 0.05) is 18.7 Å². The molecule has 0 aromatic heterocycles. The summed E-state index contributed by atoms with van der Waals surface area (Å²) >= 11 is 0. The Kier molecular flexibility index (Phi) is 5.70. The van der Waals surface area contributed by atoms with Gasteiger partial charge in [-0.05, 0) is 31.9 Å². The molecule has 94 valence electrons. The summed E-state index contributed by atoms with van der Waals surface area (Å²) in [5, 5.41) is 1.99. The van der Waals surface area contributed by atoms with E-state index >= 15 is 0 Å². The van der Waals surface area contributed by atoms with Crippen LogP contribution in [0.1, 0.15) is 42.6 Å². The highest BCUT2D eigenvalue weighted by Gasteiger charge is 2.14. The van der Waals surface area contributed by atoms with Gasteiger partial charge < -0.3 is 0 Å². The molecule has 0 aliphatic carbocycles. The number of rotatable bonds is 2. The van der Waals surface area contributed by atoms with Gasteiger partial charge in [-0.15, -0.1) is 0 Å².